The molecular weight excluding hydrogens is 276 g/mol. The van der Waals surface area contributed by atoms with E-state index in [4.69, 9.17) is 11.0 Å². The standard InChI is InChI=1S/C16H20N6/c1-2-3-4-13(5-7-17)20-10-12(9-18)15-14-6-8-19-16(14)22-11-21-15/h6,8-11,13H,2-5,18H2,1H3,(H,19,21,22). The Hall–Kier alpha value is -2.68. The van der Waals surface area contributed by atoms with Crippen molar-refractivity contribution in [3.8, 4) is 6.07 Å². The molecule has 1 atom stereocenters. The van der Waals surface area contributed by atoms with Crippen LogP contribution in [0.25, 0.3) is 16.6 Å². The molecule has 114 valence electrons. The number of hydrogen-bond donors (Lipinski definition) is 2. The molecule has 6 nitrogen and oxygen atoms in total. The zero-order chi connectivity index (χ0) is 15.8. The minimum Gasteiger partial charge on any atom is -0.404 e. The number of fused-ring (bicyclic) bond motifs is 1. The van der Waals surface area contributed by atoms with E-state index in [1.807, 2.05) is 12.3 Å². The van der Waals surface area contributed by atoms with Gasteiger partial charge in [0.2, 0.25) is 0 Å². The van der Waals surface area contributed by atoms with Gasteiger partial charge < -0.3 is 10.7 Å². The summed E-state index contributed by atoms with van der Waals surface area (Å²) in [6, 6.07) is 4.10. The Balaban J connectivity index is 2.23. The molecule has 0 bridgehead atoms. The first kappa shape index (κ1) is 15.7. The fraction of sp³-hybridized carbons (Fsp3) is 0.375. The summed E-state index contributed by atoms with van der Waals surface area (Å²) in [6.07, 6.45) is 9.98. The van der Waals surface area contributed by atoms with Crippen LogP contribution in [0.15, 0.2) is 29.8 Å². The van der Waals surface area contributed by atoms with Crippen LogP contribution in [-0.4, -0.2) is 27.2 Å². The van der Waals surface area contributed by atoms with Crippen molar-refractivity contribution >= 4 is 22.8 Å². The molecule has 0 fully saturated rings. The van der Waals surface area contributed by atoms with E-state index in [0.717, 1.165) is 41.6 Å². The van der Waals surface area contributed by atoms with Crippen molar-refractivity contribution in [3.05, 3.63) is 30.5 Å². The van der Waals surface area contributed by atoms with Crippen molar-refractivity contribution in [2.24, 2.45) is 10.7 Å². The second-order valence-electron chi connectivity index (χ2n) is 5.02. The summed E-state index contributed by atoms with van der Waals surface area (Å²) < 4.78 is 0. The molecule has 1 unspecified atom stereocenters. The smallest absolute Gasteiger partial charge is 0.141 e. The lowest BCUT2D eigenvalue weighted by Crippen LogP contribution is -2.05. The number of nitrogens with zero attached hydrogens (tertiary/aromatic N) is 4. The predicted molar refractivity (Wildman–Crippen MR) is 88.1 cm³/mol. The number of aliphatic imine (C=N–C) groups is 1. The second-order valence-corrected chi connectivity index (χ2v) is 5.02. The quantitative estimate of drug-likeness (QED) is 0.766. The number of aromatic amines is 1. The number of nitrogens with one attached hydrogen (secondary N) is 1. The number of nitriles is 1. The highest BCUT2D eigenvalue weighted by molar-refractivity contribution is 6.13. The van der Waals surface area contributed by atoms with Crippen molar-refractivity contribution < 1.29 is 0 Å². The molecule has 0 aliphatic carbocycles. The predicted octanol–water partition coefficient (Wildman–Crippen LogP) is 2.80. The van der Waals surface area contributed by atoms with Crippen LogP contribution in [0.1, 0.15) is 38.3 Å². The first-order chi connectivity index (χ1) is 10.8. The minimum absolute atomic E-state index is 0.00320. The van der Waals surface area contributed by atoms with E-state index >= 15 is 0 Å². The lowest BCUT2D eigenvalue weighted by molar-refractivity contribution is 0.590. The molecule has 0 spiro atoms. The van der Waals surface area contributed by atoms with Gasteiger partial charge in [-0.25, -0.2) is 9.97 Å². The van der Waals surface area contributed by atoms with Gasteiger partial charge in [-0.05, 0) is 12.5 Å². The van der Waals surface area contributed by atoms with Gasteiger partial charge >= 0.3 is 0 Å². The van der Waals surface area contributed by atoms with Crippen LogP contribution in [0.2, 0.25) is 0 Å². The van der Waals surface area contributed by atoms with E-state index in [0.29, 0.717) is 6.42 Å². The molecule has 2 aromatic rings. The molecule has 0 amide bonds. The fourth-order valence-electron chi connectivity index (χ4n) is 2.25. The van der Waals surface area contributed by atoms with Crippen molar-refractivity contribution in [1.82, 2.24) is 15.0 Å². The molecule has 0 radical (unpaired) electrons. The molecule has 2 aromatic heterocycles. The largest absolute Gasteiger partial charge is 0.404 e. The Morgan fingerprint density at radius 3 is 3.14 bits per heavy atom. The zero-order valence-electron chi connectivity index (χ0n) is 12.7. The summed E-state index contributed by atoms with van der Waals surface area (Å²) in [6.45, 7) is 2.13. The van der Waals surface area contributed by atoms with Crippen molar-refractivity contribution in [1.29, 1.82) is 5.26 Å². The Kier molecular flexibility index (Phi) is 5.66. The van der Waals surface area contributed by atoms with Gasteiger partial charge in [0.1, 0.15) is 12.0 Å². The summed E-state index contributed by atoms with van der Waals surface area (Å²) >= 11 is 0. The number of unbranched alkanes of at least 4 members (excludes halogenated alkanes) is 1. The SMILES string of the molecule is CCCCC(CC#N)N=CC(=CN)c1ncnc2[nH]ccc12. The summed E-state index contributed by atoms with van der Waals surface area (Å²) in [5, 5.41) is 9.80. The van der Waals surface area contributed by atoms with Crippen LogP contribution in [0.4, 0.5) is 0 Å². The summed E-state index contributed by atoms with van der Waals surface area (Å²) in [5.74, 6) is 0. The molecule has 0 aliphatic heterocycles. The van der Waals surface area contributed by atoms with Gasteiger partial charge in [-0.1, -0.05) is 19.8 Å². The van der Waals surface area contributed by atoms with Gasteiger partial charge in [0.25, 0.3) is 0 Å². The van der Waals surface area contributed by atoms with E-state index in [1.54, 1.807) is 6.21 Å². The lowest BCUT2D eigenvalue weighted by Gasteiger charge is -2.08. The molecule has 2 rings (SSSR count). The molecule has 22 heavy (non-hydrogen) atoms. The molecular formula is C16H20N6. The lowest BCUT2D eigenvalue weighted by atomic mass is 10.1. The number of allylic oxidation sites excluding steroid dienone is 1. The Bertz CT molecular complexity index is 707. The van der Waals surface area contributed by atoms with E-state index in [2.05, 4.69) is 32.9 Å². The summed E-state index contributed by atoms with van der Waals surface area (Å²) in [5.41, 5.74) is 7.97. The van der Waals surface area contributed by atoms with Gasteiger partial charge in [-0.3, -0.25) is 4.99 Å². The maximum atomic E-state index is 8.90. The molecule has 0 aromatic carbocycles. The van der Waals surface area contributed by atoms with Crippen LogP contribution >= 0.6 is 0 Å². The fourth-order valence-corrected chi connectivity index (χ4v) is 2.25. The van der Waals surface area contributed by atoms with Crippen LogP contribution in [0.3, 0.4) is 0 Å². The zero-order valence-corrected chi connectivity index (χ0v) is 12.7. The highest BCUT2D eigenvalue weighted by Crippen LogP contribution is 2.19. The van der Waals surface area contributed by atoms with E-state index in [9.17, 15) is 0 Å². The van der Waals surface area contributed by atoms with E-state index in [1.165, 1.54) is 12.5 Å². The third-order valence-electron chi connectivity index (χ3n) is 3.45. The van der Waals surface area contributed by atoms with Crippen molar-refractivity contribution in [2.45, 2.75) is 38.6 Å². The minimum atomic E-state index is 0.00320. The molecule has 0 saturated heterocycles. The van der Waals surface area contributed by atoms with Gasteiger partial charge in [0.05, 0.1) is 24.2 Å². The number of H-pyrrole nitrogens is 1. The molecule has 0 saturated carbocycles. The highest BCUT2D eigenvalue weighted by atomic mass is 14.9. The van der Waals surface area contributed by atoms with Crippen molar-refractivity contribution in [3.63, 3.8) is 0 Å². The van der Waals surface area contributed by atoms with E-state index < -0.39 is 0 Å². The summed E-state index contributed by atoms with van der Waals surface area (Å²) in [7, 11) is 0. The van der Waals surface area contributed by atoms with Gasteiger partial charge in [0, 0.05) is 29.6 Å². The number of nitrogens with two attached hydrogens (primary N) is 1. The van der Waals surface area contributed by atoms with Crippen LogP contribution in [0, 0.1) is 11.3 Å². The average Bonchev–Trinajstić information content (AvgIpc) is 3.02. The third-order valence-corrected chi connectivity index (χ3v) is 3.45. The Labute approximate surface area is 129 Å². The molecule has 0 aliphatic rings. The molecule has 2 heterocycles. The molecule has 6 heteroatoms. The maximum absolute atomic E-state index is 8.90. The second kappa shape index (κ2) is 7.93. The number of aromatic nitrogens is 3. The number of hydrogen-bond acceptors (Lipinski definition) is 5. The Morgan fingerprint density at radius 2 is 2.41 bits per heavy atom. The first-order valence-electron chi connectivity index (χ1n) is 7.40. The monoisotopic (exact) mass is 296 g/mol. The van der Waals surface area contributed by atoms with Gasteiger partial charge in [-0.15, -0.1) is 0 Å². The summed E-state index contributed by atoms with van der Waals surface area (Å²) in [4.78, 5) is 16.0. The van der Waals surface area contributed by atoms with Crippen LogP contribution in [0.5, 0.6) is 0 Å². The normalized spacial score (nSPS) is 13.5. The third kappa shape index (κ3) is 3.70. The maximum Gasteiger partial charge on any atom is 0.141 e. The highest BCUT2D eigenvalue weighted by Gasteiger charge is 2.09. The number of rotatable bonds is 7. The average molecular weight is 296 g/mol. The van der Waals surface area contributed by atoms with E-state index in [-0.39, 0.29) is 6.04 Å². The molecule has 3 N–H and O–H groups in total. The van der Waals surface area contributed by atoms with Gasteiger partial charge in [-0.2, -0.15) is 5.26 Å². The topological polar surface area (TPSA) is 104 Å². The van der Waals surface area contributed by atoms with Crippen LogP contribution in [-0.2, 0) is 0 Å². The van der Waals surface area contributed by atoms with Crippen molar-refractivity contribution in [2.75, 3.05) is 0 Å². The Morgan fingerprint density at radius 1 is 1.55 bits per heavy atom. The first-order valence-corrected chi connectivity index (χ1v) is 7.40. The van der Waals surface area contributed by atoms with Gasteiger partial charge in [0.15, 0.2) is 0 Å². The van der Waals surface area contributed by atoms with Crippen LogP contribution < -0.4 is 5.73 Å².